The Morgan fingerprint density at radius 3 is 2.57 bits per heavy atom. The number of benzene rings is 2. The van der Waals surface area contributed by atoms with Gasteiger partial charge in [-0.3, -0.25) is 9.59 Å². The van der Waals surface area contributed by atoms with E-state index in [1.807, 2.05) is 32.0 Å². The molecule has 1 unspecified atom stereocenters. The quantitative estimate of drug-likeness (QED) is 0.564. The van der Waals surface area contributed by atoms with E-state index in [0.717, 1.165) is 5.56 Å². The number of carbonyl (C=O) groups excluding carboxylic acids is 2. The van der Waals surface area contributed by atoms with Crippen LogP contribution in [0, 0.1) is 12.7 Å². The summed E-state index contributed by atoms with van der Waals surface area (Å²) in [7, 11) is 1.77. The number of aromatic nitrogens is 3. The highest BCUT2D eigenvalue weighted by Crippen LogP contribution is 2.20. The van der Waals surface area contributed by atoms with Crippen LogP contribution in [0.1, 0.15) is 34.7 Å². The second kappa shape index (κ2) is 9.53. The fourth-order valence-electron chi connectivity index (χ4n) is 2.87. The lowest BCUT2D eigenvalue weighted by molar-refractivity contribution is -0.113. The van der Waals surface area contributed by atoms with E-state index in [1.54, 1.807) is 29.8 Å². The van der Waals surface area contributed by atoms with Gasteiger partial charge in [0, 0.05) is 12.6 Å². The molecule has 0 fully saturated rings. The normalized spacial score (nSPS) is 11.7. The van der Waals surface area contributed by atoms with Crippen LogP contribution < -0.4 is 10.6 Å². The maximum atomic E-state index is 13.6. The smallest absolute Gasteiger partial charge is 0.252 e. The van der Waals surface area contributed by atoms with Crippen molar-refractivity contribution in [3.63, 3.8) is 0 Å². The lowest BCUT2D eigenvalue weighted by atomic mass is 10.1. The number of nitrogens with zero attached hydrogens (tertiary/aromatic N) is 3. The minimum absolute atomic E-state index is 0.0459. The van der Waals surface area contributed by atoms with Gasteiger partial charge in [0.2, 0.25) is 5.91 Å². The van der Waals surface area contributed by atoms with Crippen molar-refractivity contribution >= 4 is 29.3 Å². The van der Waals surface area contributed by atoms with Gasteiger partial charge in [-0.15, -0.1) is 10.2 Å². The van der Waals surface area contributed by atoms with E-state index in [1.165, 1.54) is 23.9 Å². The van der Waals surface area contributed by atoms with E-state index in [-0.39, 0.29) is 29.3 Å². The third kappa shape index (κ3) is 5.04. The average molecular weight is 428 g/mol. The molecule has 0 aliphatic rings. The molecule has 2 N–H and O–H groups in total. The van der Waals surface area contributed by atoms with E-state index < -0.39 is 5.82 Å². The zero-order valence-electron chi connectivity index (χ0n) is 16.8. The molecule has 0 aliphatic carbocycles. The monoisotopic (exact) mass is 427 g/mol. The Kier molecular flexibility index (Phi) is 6.83. The van der Waals surface area contributed by atoms with Crippen molar-refractivity contribution in [1.29, 1.82) is 0 Å². The van der Waals surface area contributed by atoms with Crippen molar-refractivity contribution in [3.8, 4) is 0 Å². The molecule has 156 valence electrons. The molecular formula is C21H22FN5O2S. The molecule has 7 nitrogen and oxygen atoms in total. The number of aryl methyl sites for hydroxylation is 1. The number of thioether (sulfide) groups is 1. The van der Waals surface area contributed by atoms with Crippen molar-refractivity contribution in [2.45, 2.75) is 25.0 Å². The van der Waals surface area contributed by atoms with Gasteiger partial charge in [0.1, 0.15) is 5.82 Å². The molecule has 3 rings (SSSR count). The first-order valence-corrected chi connectivity index (χ1v) is 10.3. The van der Waals surface area contributed by atoms with Crippen molar-refractivity contribution < 1.29 is 14.0 Å². The van der Waals surface area contributed by atoms with Gasteiger partial charge < -0.3 is 15.2 Å². The molecule has 0 spiro atoms. The number of halogens is 1. The lowest BCUT2D eigenvalue weighted by Gasteiger charge is -2.14. The van der Waals surface area contributed by atoms with Crippen LogP contribution in [-0.4, -0.2) is 32.3 Å². The Morgan fingerprint density at radius 1 is 1.13 bits per heavy atom. The van der Waals surface area contributed by atoms with Gasteiger partial charge in [-0.05, 0) is 37.6 Å². The van der Waals surface area contributed by atoms with Crippen LogP contribution in [0.5, 0.6) is 0 Å². The molecule has 3 aromatic rings. The maximum absolute atomic E-state index is 13.6. The van der Waals surface area contributed by atoms with Gasteiger partial charge in [0.05, 0.1) is 17.5 Å². The topological polar surface area (TPSA) is 88.9 Å². The second-order valence-electron chi connectivity index (χ2n) is 6.73. The Balaban J connectivity index is 1.60. The van der Waals surface area contributed by atoms with E-state index in [4.69, 9.17) is 0 Å². The average Bonchev–Trinajstić information content (AvgIpc) is 3.09. The standard InChI is InChI=1S/C21H22FN5O2S/c1-13-8-4-5-9-15(13)20(29)23-14(2)19-25-26-21(27(19)3)30-12-18(28)24-17-11-7-6-10-16(17)22/h4-11,14H,12H2,1-3H3,(H,23,29)(H,24,28). The number of anilines is 1. The lowest BCUT2D eigenvalue weighted by Crippen LogP contribution is -2.29. The van der Waals surface area contributed by atoms with Crippen molar-refractivity contribution in [1.82, 2.24) is 20.1 Å². The Hall–Kier alpha value is -3.20. The van der Waals surface area contributed by atoms with Gasteiger partial charge in [0.25, 0.3) is 5.91 Å². The summed E-state index contributed by atoms with van der Waals surface area (Å²) >= 11 is 1.18. The number of nitrogens with one attached hydrogen (secondary N) is 2. The van der Waals surface area contributed by atoms with E-state index in [0.29, 0.717) is 16.5 Å². The predicted octanol–water partition coefficient (Wildman–Crippen LogP) is 3.48. The minimum atomic E-state index is -0.491. The predicted molar refractivity (Wildman–Crippen MR) is 114 cm³/mol. The Bertz CT molecular complexity index is 1070. The summed E-state index contributed by atoms with van der Waals surface area (Å²) in [5.41, 5.74) is 1.62. The summed E-state index contributed by atoms with van der Waals surface area (Å²) in [6, 6.07) is 12.9. The van der Waals surface area contributed by atoms with E-state index in [9.17, 15) is 14.0 Å². The molecule has 2 amide bonds. The fourth-order valence-corrected chi connectivity index (χ4v) is 3.59. The highest BCUT2D eigenvalue weighted by molar-refractivity contribution is 7.99. The molecule has 0 radical (unpaired) electrons. The van der Waals surface area contributed by atoms with Gasteiger partial charge in [-0.2, -0.15) is 0 Å². The van der Waals surface area contributed by atoms with Crippen LogP contribution in [0.3, 0.4) is 0 Å². The first-order chi connectivity index (χ1) is 14.4. The molecule has 1 aromatic heterocycles. The third-order valence-electron chi connectivity index (χ3n) is 4.47. The SMILES string of the molecule is Cc1ccccc1C(=O)NC(C)c1nnc(SCC(=O)Nc2ccccc2F)n1C. The van der Waals surface area contributed by atoms with E-state index in [2.05, 4.69) is 20.8 Å². The Labute approximate surface area is 178 Å². The van der Waals surface area contributed by atoms with Gasteiger partial charge >= 0.3 is 0 Å². The number of hydrogen-bond donors (Lipinski definition) is 2. The molecule has 2 aromatic carbocycles. The Morgan fingerprint density at radius 2 is 1.83 bits per heavy atom. The molecule has 1 atom stereocenters. The molecule has 9 heteroatoms. The molecule has 0 aliphatic heterocycles. The van der Waals surface area contributed by atoms with Crippen molar-refractivity contribution in [2.75, 3.05) is 11.1 Å². The summed E-state index contributed by atoms with van der Waals surface area (Å²) in [4.78, 5) is 24.6. The zero-order valence-corrected chi connectivity index (χ0v) is 17.7. The van der Waals surface area contributed by atoms with Crippen LogP contribution in [0.25, 0.3) is 0 Å². The first kappa shape index (κ1) is 21.5. The maximum Gasteiger partial charge on any atom is 0.252 e. The number of amides is 2. The number of rotatable bonds is 7. The highest BCUT2D eigenvalue weighted by atomic mass is 32.2. The summed E-state index contributed by atoms with van der Waals surface area (Å²) in [5.74, 6) is -0.425. The fraction of sp³-hybridized carbons (Fsp3) is 0.238. The molecule has 0 saturated carbocycles. The summed E-state index contributed by atoms with van der Waals surface area (Å²) < 4.78 is 15.4. The largest absolute Gasteiger partial charge is 0.342 e. The zero-order chi connectivity index (χ0) is 21.7. The van der Waals surface area contributed by atoms with Gasteiger partial charge in [0.15, 0.2) is 11.0 Å². The minimum Gasteiger partial charge on any atom is -0.342 e. The molecule has 30 heavy (non-hydrogen) atoms. The van der Waals surface area contributed by atoms with Crippen molar-refractivity contribution in [3.05, 3.63) is 71.3 Å². The summed E-state index contributed by atoms with van der Waals surface area (Å²) in [5, 5.41) is 14.2. The molecular weight excluding hydrogens is 405 g/mol. The summed E-state index contributed by atoms with van der Waals surface area (Å²) in [6.45, 7) is 3.70. The van der Waals surface area contributed by atoms with Crippen molar-refractivity contribution in [2.24, 2.45) is 7.05 Å². The van der Waals surface area contributed by atoms with Crippen LogP contribution in [0.2, 0.25) is 0 Å². The molecule has 1 heterocycles. The highest BCUT2D eigenvalue weighted by Gasteiger charge is 2.19. The first-order valence-electron chi connectivity index (χ1n) is 9.29. The third-order valence-corrected chi connectivity index (χ3v) is 5.49. The second-order valence-corrected chi connectivity index (χ2v) is 7.67. The molecule has 0 saturated heterocycles. The van der Waals surface area contributed by atoms with Crippen LogP contribution in [0.4, 0.5) is 10.1 Å². The van der Waals surface area contributed by atoms with Crippen LogP contribution in [0.15, 0.2) is 53.7 Å². The van der Waals surface area contributed by atoms with Crippen LogP contribution >= 0.6 is 11.8 Å². The van der Waals surface area contributed by atoms with E-state index >= 15 is 0 Å². The van der Waals surface area contributed by atoms with Gasteiger partial charge in [-0.25, -0.2) is 4.39 Å². The van der Waals surface area contributed by atoms with Crippen LogP contribution in [-0.2, 0) is 11.8 Å². The number of hydrogen-bond acceptors (Lipinski definition) is 5. The van der Waals surface area contributed by atoms with Gasteiger partial charge in [-0.1, -0.05) is 42.1 Å². The molecule has 0 bridgehead atoms. The summed E-state index contributed by atoms with van der Waals surface area (Å²) in [6.07, 6.45) is 0. The number of para-hydroxylation sites is 1. The number of carbonyl (C=O) groups is 2.